The van der Waals surface area contributed by atoms with Gasteiger partial charge in [0.25, 0.3) is 0 Å². The minimum Gasteiger partial charge on any atom is -0.465 e. The standard InChI is InChI=1S/C27H41N3O5/c1-27(2,3)35-25(32)28-23(24(31)30(18-21-12-13-21)19-22-14-15-22)11-7-8-16-29(26(33)34)17-20-9-5-4-6-10-20/h4-6,9-10,21-23H,7-8,11-19H2,1-3H3,(H,28,32)(H,33,34)/t23-/m0/s1. The molecule has 0 radical (unpaired) electrons. The van der Waals surface area contributed by atoms with Gasteiger partial charge in [0.1, 0.15) is 11.6 Å². The van der Waals surface area contributed by atoms with Crippen LogP contribution in [0.2, 0.25) is 0 Å². The molecule has 0 heterocycles. The molecular formula is C27H41N3O5. The second-order valence-electron chi connectivity index (χ2n) is 11.0. The van der Waals surface area contributed by atoms with Gasteiger partial charge >= 0.3 is 12.2 Å². The number of hydrogen-bond acceptors (Lipinski definition) is 4. The Morgan fingerprint density at radius 2 is 1.60 bits per heavy atom. The van der Waals surface area contributed by atoms with Crippen molar-refractivity contribution in [2.24, 2.45) is 11.8 Å². The summed E-state index contributed by atoms with van der Waals surface area (Å²) in [5, 5.41) is 12.4. The molecule has 194 valence electrons. The van der Waals surface area contributed by atoms with Crippen LogP contribution in [0.25, 0.3) is 0 Å². The molecule has 0 bridgehead atoms. The molecule has 2 aliphatic rings. The van der Waals surface area contributed by atoms with Crippen molar-refractivity contribution in [1.29, 1.82) is 0 Å². The molecule has 3 rings (SSSR count). The summed E-state index contributed by atoms with van der Waals surface area (Å²) in [5.74, 6) is 1.10. The number of alkyl carbamates (subject to hydrolysis) is 1. The first-order chi connectivity index (χ1) is 16.6. The van der Waals surface area contributed by atoms with Gasteiger partial charge in [0, 0.05) is 26.2 Å². The smallest absolute Gasteiger partial charge is 0.408 e. The van der Waals surface area contributed by atoms with Crippen LogP contribution in [0.15, 0.2) is 30.3 Å². The van der Waals surface area contributed by atoms with E-state index in [1.165, 1.54) is 4.90 Å². The predicted octanol–water partition coefficient (Wildman–Crippen LogP) is 4.88. The summed E-state index contributed by atoms with van der Waals surface area (Å²) in [4.78, 5) is 41.1. The molecular weight excluding hydrogens is 446 g/mol. The lowest BCUT2D eigenvalue weighted by Gasteiger charge is -2.29. The molecule has 2 saturated carbocycles. The van der Waals surface area contributed by atoms with E-state index in [0.29, 0.717) is 44.2 Å². The lowest BCUT2D eigenvalue weighted by Crippen LogP contribution is -2.50. The number of carboxylic acid groups (broad SMARTS) is 1. The average molecular weight is 488 g/mol. The van der Waals surface area contributed by atoms with E-state index >= 15 is 0 Å². The van der Waals surface area contributed by atoms with Crippen molar-refractivity contribution in [1.82, 2.24) is 15.1 Å². The zero-order chi connectivity index (χ0) is 25.4. The van der Waals surface area contributed by atoms with Crippen LogP contribution in [0.3, 0.4) is 0 Å². The summed E-state index contributed by atoms with van der Waals surface area (Å²) in [6, 6.07) is 8.83. The minimum absolute atomic E-state index is 0.0472. The van der Waals surface area contributed by atoms with Gasteiger partial charge in [-0.1, -0.05) is 30.3 Å². The number of unbranched alkanes of at least 4 members (excludes halogenated alkanes) is 1. The highest BCUT2D eigenvalue weighted by atomic mass is 16.6. The second-order valence-corrected chi connectivity index (χ2v) is 11.0. The third-order valence-electron chi connectivity index (χ3n) is 6.31. The highest BCUT2D eigenvalue weighted by Gasteiger charge is 2.35. The van der Waals surface area contributed by atoms with E-state index in [2.05, 4.69) is 5.32 Å². The molecule has 0 saturated heterocycles. The lowest BCUT2D eigenvalue weighted by molar-refractivity contribution is -0.134. The Hall–Kier alpha value is -2.77. The van der Waals surface area contributed by atoms with Crippen molar-refractivity contribution in [2.45, 2.75) is 83.9 Å². The van der Waals surface area contributed by atoms with E-state index in [9.17, 15) is 19.5 Å². The quantitative estimate of drug-likeness (QED) is 0.387. The van der Waals surface area contributed by atoms with Crippen molar-refractivity contribution in [2.75, 3.05) is 19.6 Å². The van der Waals surface area contributed by atoms with Crippen LogP contribution in [-0.4, -0.2) is 64.3 Å². The molecule has 35 heavy (non-hydrogen) atoms. The molecule has 0 aliphatic heterocycles. The molecule has 1 aromatic rings. The number of benzene rings is 1. The molecule has 0 aromatic heterocycles. The monoisotopic (exact) mass is 487 g/mol. The Morgan fingerprint density at radius 3 is 2.11 bits per heavy atom. The van der Waals surface area contributed by atoms with Crippen LogP contribution in [0, 0.1) is 11.8 Å². The van der Waals surface area contributed by atoms with Gasteiger partial charge in [-0.25, -0.2) is 9.59 Å². The molecule has 0 unspecified atom stereocenters. The number of carbonyl (C=O) groups is 3. The first kappa shape index (κ1) is 26.8. The molecule has 1 aromatic carbocycles. The third-order valence-corrected chi connectivity index (χ3v) is 6.31. The number of carbonyl (C=O) groups excluding carboxylic acids is 2. The third kappa shape index (κ3) is 10.2. The largest absolute Gasteiger partial charge is 0.465 e. The van der Waals surface area contributed by atoms with Crippen LogP contribution in [0.1, 0.15) is 71.3 Å². The number of ether oxygens (including phenoxy) is 1. The Kier molecular flexibility index (Phi) is 9.40. The van der Waals surface area contributed by atoms with Crippen molar-refractivity contribution in [3.63, 3.8) is 0 Å². The fourth-order valence-electron chi connectivity index (χ4n) is 4.10. The van der Waals surface area contributed by atoms with Crippen LogP contribution in [0.5, 0.6) is 0 Å². The van der Waals surface area contributed by atoms with E-state index in [1.54, 1.807) is 20.8 Å². The normalized spacial score (nSPS) is 16.3. The van der Waals surface area contributed by atoms with Gasteiger partial charge in [-0.15, -0.1) is 0 Å². The molecule has 2 fully saturated rings. The van der Waals surface area contributed by atoms with Crippen molar-refractivity contribution >= 4 is 18.1 Å². The van der Waals surface area contributed by atoms with Gasteiger partial charge in [0.05, 0.1) is 0 Å². The Balaban J connectivity index is 1.57. The maximum atomic E-state index is 13.5. The minimum atomic E-state index is -0.964. The van der Waals surface area contributed by atoms with Crippen LogP contribution >= 0.6 is 0 Å². The van der Waals surface area contributed by atoms with E-state index in [0.717, 1.165) is 44.3 Å². The lowest BCUT2D eigenvalue weighted by atomic mass is 10.1. The summed E-state index contributed by atoms with van der Waals surface area (Å²) < 4.78 is 5.42. The maximum absolute atomic E-state index is 13.5. The average Bonchev–Trinajstić information content (AvgIpc) is 3.70. The van der Waals surface area contributed by atoms with Gasteiger partial charge in [-0.3, -0.25) is 4.79 Å². The number of hydrogen-bond donors (Lipinski definition) is 2. The molecule has 8 nitrogen and oxygen atoms in total. The highest BCUT2D eigenvalue weighted by Crippen LogP contribution is 2.34. The van der Waals surface area contributed by atoms with Crippen molar-refractivity contribution in [3.05, 3.63) is 35.9 Å². The molecule has 0 spiro atoms. The van der Waals surface area contributed by atoms with Gasteiger partial charge in [0.15, 0.2) is 0 Å². The van der Waals surface area contributed by atoms with Gasteiger partial charge in [-0.2, -0.15) is 0 Å². The maximum Gasteiger partial charge on any atom is 0.408 e. The second kappa shape index (κ2) is 12.3. The fraction of sp³-hybridized carbons (Fsp3) is 0.667. The van der Waals surface area contributed by atoms with E-state index in [-0.39, 0.29) is 5.91 Å². The summed E-state index contributed by atoms with van der Waals surface area (Å²) >= 11 is 0. The van der Waals surface area contributed by atoms with Crippen LogP contribution in [0.4, 0.5) is 9.59 Å². The van der Waals surface area contributed by atoms with E-state index < -0.39 is 23.8 Å². The zero-order valence-corrected chi connectivity index (χ0v) is 21.4. The summed E-state index contributed by atoms with van der Waals surface area (Å²) in [7, 11) is 0. The molecule has 8 heteroatoms. The topological polar surface area (TPSA) is 99.2 Å². The van der Waals surface area contributed by atoms with E-state index in [1.807, 2.05) is 35.2 Å². The number of nitrogens with one attached hydrogen (secondary N) is 1. The first-order valence-corrected chi connectivity index (χ1v) is 12.9. The SMILES string of the molecule is CC(C)(C)OC(=O)N[C@@H](CCCCN(Cc1ccccc1)C(=O)O)C(=O)N(CC1CC1)CC1CC1. The Labute approximate surface area is 209 Å². The molecule has 3 amide bonds. The molecule has 1 atom stereocenters. The number of amides is 3. The molecule has 2 aliphatic carbocycles. The van der Waals surface area contributed by atoms with E-state index in [4.69, 9.17) is 4.74 Å². The zero-order valence-electron chi connectivity index (χ0n) is 21.4. The summed E-state index contributed by atoms with van der Waals surface area (Å²) in [6.07, 6.45) is 4.74. The van der Waals surface area contributed by atoms with Gasteiger partial charge in [-0.05, 0) is 83.1 Å². The highest BCUT2D eigenvalue weighted by molar-refractivity contribution is 5.85. The van der Waals surface area contributed by atoms with Crippen LogP contribution < -0.4 is 5.32 Å². The number of rotatable bonds is 13. The van der Waals surface area contributed by atoms with Crippen molar-refractivity contribution in [3.8, 4) is 0 Å². The van der Waals surface area contributed by atoms with Gasteiger partial charge < -0.3 is 25.0 Å². The predicted molar refractivity (Wildman–Crippen MR) is 134 cm³/mol. The van der Waals surface area contributed by atoms with Crippen LogP contribution in [-0.2, 0) is 16.1 Å². The fourth-order valence-corrected chi connectivity index (χ4v) is 4.10. The Morgan fingerprint density at radius 1 is 1.00 bits per heavy atom. The Bertz CT molecular complexity index is 832. The first-order valence-electron chi connectivity index (χ1n) is 12.9. The number of nitrogens with zero attached hydrogens (tertiary/aromatic N) is 2. The summed E-state index contributed by atoms with van der Waals surface area (Å²) in [5.41, 5.74) is 0.282. The van der Waals surface area contributed by atoms with Gasteiger partial charge in [0.2, 0.25) is 5.91 Å². The van der Waals surface area contributed by atoms with Crippen molar-refractivity contribution < 1.29 is 24.2 Å². The molecule has 2 N–H and O–H groups in total. The summed E-state index contributed by atoms with van der Waals surface area (Å²) in [6.45, 7) is 7.59.